The molecule has 0 bridgehead atoms. The van der Waals surface area contributed by atoms with E-state index < -0.39 is 12.2 Å². The Balaban J connectivity index is 1.48. The van der Waals surface area contributed by atoms with Gasteiger partial charge in [0.2, 0.25) is 0 Å². The number of amides is 1. The van der Waals surface area contributed by atoms with Crippen LogP contribution in [0, 0.1) is 11.7 Å². The van der Waals surface area contributed by atoms with Gasteiger partial charge in [0.25, 0.3) is 5.91 Å². The predicted octanol–water partition coefficient (Wildman–Crippen LogP) is 3.07. The van der Waals surface area contributed by atoms with Crippen LogP contribution in [0.15, 0.2) is 48.5 Å². The van der Waals surface area contributed by atoms with E-state index in [4.69, 9.17) is 4.74 Å². The summed E-state index contributed by atoms with van der Waals surface area (Å²) >= 11 is 0. The molecule has 3 atom stereocenters. The summed E-state index contributed by atoms with van der Waals surface area (Å²) in [5.41, 5.74) is 2.52. The van der Waals surface area contributed by atoms with Crippen molar-refractivity contribution in [3.8, 4) is 0 Å². The average Bonchev–Trinajstić information content (AvgIpc) is 3.42. The number of ether oxygens (including phenoxy) is 1. The third-order valence-corrected chi connectivity index (χ3v) is 5.13. The van der Waals surface area contributed by atoms with E-state index in [0.29, 0.717) is 24.5 Å². The van der Waals surface area contributed by atoms with Crippen molar-refractivity contribution >= 4 is 5.91 Å². The normalized spacial score (nSPS) is 22.7. The fraction of sp³-hybridized carbons (Fsp3) is 0.381. The van der Waals surface area contributed by atoms with Crippen LogP contribution in [0.5, 0.6) is 0 Å². The number of carbonyl (C=O) groups excluding carboxylic acids is 1. The Labute approximate surface area is 152 Å². The van der Waals surface area contributed by atoms with Gasteiger partial charge in [-0.2, -0.15) is 0 Å². The molecule has 4 rings (SSSR count). The molecular weight excluding hydrogens is 333 g/mol. The summed E-state index contributed by atoms with van der Waals surface area (Å²) in [5.74, 6) is -0.141. The van der Waals surface area contributed by atoms with Gasteiger partial charge in [-0.05, 0) is 54.0 Å². The van der Waals surface area contributed by atoms with Crippen LogP contribution in [-0.4, -0.2) is 23.7 Å². The molecule has 0 saturated heterocycles. The van der Waals surface area contributed by atoms with Crippen LogP contribution in [0.2, 0.25) is 0 Å². The lowest BCUT2D eigenvalue weighted by atomic mass is 10.1. The Morgan fingerprint density at radius 2 is 1.92 bits per heavy atom. The van der Waals surface area contributed by atoms with Crippen molar-refractivity contribution in [1.29, 1.82) is 0 Å². The molecule has 4 nitrogen and oxygen atoms in total. The van der Waals surface area contributed by atoms with Crippen LogP contribution in [0.25, 0.3) is 0 Å². The Morgan fingerprint density at radius 1 is 1.19 bits per heavy atom. The van der Waals surface area contributed by atoms with Gasteiger partial charge in [0.05, 0.1) is 18.8 Å². The number of carbonyl (C=O) groups is 1. The molecule has 5 heteroatoms. The van der Waals surface area contributed by atoms with E-state index in [9.17, 15) is 14.3 Å². The van der Waals surface area contributed by atoms with Crippen LogP contribution in [0.3, 0.4) is 0 Å². The minimum absolute atomic E-state index is 0.297. The number of nitrogens with one attached hydrogen (secondary N) is 1. The first kappa shape index (κ1) is 17.2. The Morgan fingerprint density at radius 3 is 2.62 bits per heavy atom. The molecule has 1 fully saturated rings. The molecule has 2 aromatic carbocycles. The number of hydrogen-bond acceptors (Lipinski definition) is 3. The summed E-state index contributed by atoms with van der Waals surface area (Å²) in [6.07, 6.45) is 1.30. The van der Waals surface area contributed by atoms with Crippen molar-refractivity contribution < 1.29 is 19.0 Å². The highest BCUT2D eigenvalue weighted by atomic mass is 19.1. The van der Waals surface area contributed by atoms with E-state index in [1.807, 2.05) is 24.3 Å². The number of hydrogen-bond donors (Lipinski definition) is 2. The van der Waals surface area contributed by atoms with Crippen LogP contribution in [-0.2, 0) is 16.0 Å². The highest BCUT2D eigenvalue weighted by Gasteiger charge is 2.34. The third-order valence-electron chi connectivity index (χ3n) is 5.13. The molecule has 0 radical (unpaired) electrons. The molecule has 136 valence electrons. The molecule has 2 aromatic rings. The summed E-state index contributed by atoms with van der Waals surface area (Å²) in [6, 6.07) is 13.1. The summed E-state index contributed by atoms with van der Waals surface area (Å²) in [7, 11) is 0. The lowest BCUT2D eigenvalue weighted by Gasteiger charge is -2.22. The second-order valence-electron chi connectivity index (χ2n) is 7.17. The van der Waals surface area contributed by atoms with E-state index in [1.165, 1.54) is 12.1 Å². The molecule has 0 spiro atoms. The molecule has 26 heavy (non-hydrogen) atoms. The van der Waals surface area contributed by atoms with Gasteiger partial charge in [0.15, 0.2) is 6.10 Å². The van der Waals surface area contributed by atoms with Gasteiger partial charge in [0, 0.05) is 0 Å². The zero-order valence-corrected chi connectivity index (χ0v) is 14.4. The van der Waals surface area contributed by atoms with Crippen molar-refractivity contribution in [2.75, 3.05) is 6.61 Å². The van der Waals surface area contributed by atoms with Gasteiger partial charge < -0.3 is 15.2 Å². The molecule has 2 aliphatic carbocycles. The second kappa shape index (κ2) is 7.17. The smallest absolute Gasteiger partial charge is 0.254 e. The quantitative estimate of drug-likeness (QED) is 0.837. The maximum absolute atomic E-state index is 13.2. The Bertz CT molecular complexity index is 788. The number of fused-ring (bicyclic) bond motifs is 1. The van der Waals surface area contributed by atoms with Crippen LogP contribution in [0.1, 0.15) is 41.7 Å². The van der Waals surface area contributed by atoms with E-state index in [2.05, 4.69) is 5.32 Å². The monoisotopic (exact) mass is 355 g/mol. The van der Waals surface area contributed by atoms with Crippen molar-refractivity contribution in [3.05, 3.63) is 71.0 Å². The maximum Gasteiger partial charge on any atom is 0.254 e. The topological polar surface area (TPSA) is 58.6 Å². The lowest BCUT2D eigenvalue weighted by molar-refractivity contribution is -0.135. The van der Waals surface area contributed by atoms with Gasteiger partial charge in [-0.1, -0.05) is 36.4 Å². The third kappa shape index (κ3) is 3.64. The number of halogens is 1. The highest BCUT2D eigenvalue weighted by Crippen LogP contribution is 2.33. The predicted molar refractivity (Wildman–Crippen MR) is 94.9 cm³/mol. The van der Waals surface area contributed by atoms with Crippen LogP contribution < -0.4 is 5.32 Å². The van der Waals surface area contributed by atoms with Crippen molar-refractivity contribution in [1.82, 2.24) is 5.32 Å². The molecule has 0 aromatic heterocycles. The van der Waals surface area contributed by atoms with Gasteiger partial charge >= 0.3 is 0 Å². The minimum Gasteiger partial charge on any atom is -0.386 e. The van der Waals surface area contributed by atoms with E-state index in [-0.39, 0.29) is 17.8 Å². The van der Waals surface area contributed by atoms with Crippen molar-refractivity contribution in [2.24, 2.45) is 5.92 Å². The van der Waals surface area contributed by atoms with Crippen molar-refractivity contribution in [3.63, 3.8) is 0 Å². The molecular formula is C21H22FNO3. The largest absolute Gasteiger partial charge is 0.386 e. The van der Waals surface area contributed by atoms with E-state index in [1.54, 1.807) is 12.1 Å². The van der Waals surface area contributed by atoms with Gasteiger partial charge in [-0.25, -0.2) is 4.39 Å². The van der Waals surface area contributed by atoms with Gasteiger partial charge in [0.1, 0.15) is 5.82 Å². The first-order valence-electron chi connectivity index (χ1n) is 9.05. The molecule has 0 aliphatic heterocycles. The molecule has 3 unspecified atom stereocenters. The first-order chi connectivity index (χ1) is 12.6. The molecule has 0 heterocycles. The highest BCUT2D eigenvalue weighted by molar-refractivity contribution is 5.82. The average molecular weight is 355 g/mol. The molecule has 2 aliphatic rings. The lowest BCUT2D eigenvalue weighted by Crippen LogP contribution is -2.41. The standard InChI is InChI=1S/C21H22FNO3/c22-16-9-7-14(8-10-16)20(26-12-13-5-6-13)21(25)23-18-11-15-3-1-2-4-17(15)19(18)24/h1-4,7-10,13,18-20,24H,5-6,11-12H2,(H,23,25). The Hall–Kier alpha value is -2.24. The second-order valence-corrected chi connectivity index (χ2v) is 7.17. The number of rotatable bonds is 6. The molecule has 2 N–H and O–H groups in total. The number of aliphatic hydroxyl groups is 1. The number of aliphatic hydroxyl groups excluding tert-OH is 1. The SMILES string of the molecule is O=C(NC1Cc2ccccc2C1O)C(OCC1CC1)c1ccc(F)cc1. The van der Waals surface area contributed by atoms with Crippen LogP contribution >= 0.6 is 0 Å². The van der Waals surface area contributed by atoms with Gasteiger partial charge in [-0.15, -0.1) is 0 Å². The zero-order chi connectivity index (χ0) is 18.1. The van der Waals surface area contributed by atoms with E-state index >= 15 is 0 Å². The zero-order valence-electron chi connectivity index (χ0n) is 14.4. The minimum atomic E-state index is -0.799. The number of benzene rings is 2. The van der Waals surface area contributed by atoms with Crippen molar-refractivity contribution in [2.45, 2.75) is 37.5 Å². The van der Waals surface area contributed by atoms with Crippen LogP contribution in [0.4, 0.5) is 4.39 Å². The molecule has 1 saturated carbocycles. The van der Waals surface area contributed by atoms with Gasteiger partial charge in [-0.3, -0.25) is 4.79 Å². The maximum atomic E-state index is 13.2. The summed E-state index contributed by atoms with van der Waals surface area (Å²) in [4.78, 5) is 12.9. The summed E-state index contributed by atoms with van der Waals surface area (Å²) in [5, 5.41) is 13.4. The summed E-state index contributed by atoms with van der Waals surface area (Å²) in [6.45, 7) is 0.517. The fourth-order valence-corrected chi connectivity index (χ4v) is 3.44. The fourth-order valence-electron chi connectivity index (χ4n) is 3.44. The Kier molecular flexibility index (Phi) is 4.74. The first-order valence-corrected chi connectivity index (χ1v) is 9.05. The van der Waals surface area contributed by atoms with E-state index in [0.717, 1.165) is 24.0 Å². The summed E-state index contributed by atoms with van der Waals surface area (Å²) < 4.78 is 19.1. The molecule has 1 amide bonds.